The van der Waals surface area contributed by atoms with Crippen LogP contribution in [0.2, 0.25) is 5.02 Å². The van der Waals surface area contributed by atoms with E-state index >= 15 is 0 Å². The van der Waals surface area contributed by atoms with Crippen LogP contribution in [-0.2, 0) is 6.18 Å². The van der Waals surface area contributed by atoms with E-state index < -0.39 is 11.7 Å². The van der Waals surface area contributed by atoms with Gasteiger partial charge in [0.2, 0.25) is 0 Å². The molecule has 126 valence electrons. The van der Waals surface area contributed by atoms with Gasteiger partial charge in [-0.2, -0.15) is 13.2 Å². The van der Waals surface area contributed by atoms with E-state index in [1.54, 1.807) is 0 Å². The smallest absolute Gasteiger partial charge is 0.396 e. The Hall–Kier alpha value is -0.530. The van der Waals surface area contributed by atoms with Crippen LogP contribution in [0.3, 0.4) is 0 Å². The molecule has 2 rings (SSSR count). The average molecular weight is 359 g/mol. The van der Waals surface area contributed by atoms with Crippen LogP contribution in [0.15, 0.2) is 18.2 Å². The average Bonchev–Trinajstić information content (AvgIpc) is 2.44. The van der Waals surface area contributed by atoms with Gasteiger partial charge in [0.25, 0.3) is 0 Å². The van der Waals surface area contributed by atoms with E-state index in [1.807, 2.05) is 0 Å². The summed E-state index contributed by atoms with van der Waals surface area (Å²) in [5.74, 6) is 0. The van der Waals surface area contributed by atoms with Crippen LogP contribution in [0.4, 0.5) is 13.2 Å². The van der Waals surface area contributed by atoms with E-state index in [0.717, 1.165) is 32.2 Å². The van der Waals surface area contributed by atoms with Crippen molar-refractivity contribution in [2.75, 3.05) is 32.8 Å². The third-order valence-electron chi connectivity index (χ3n) is 3.68. The van der Waals surface area contributed by atoms with E-state index in [4.69, 9.17) is 11.6 Å². The molecular weight excluding hydrogens is 340 g/mol. The van der Waals surface area contributed by atoms with Crippen molar-refractivity contribution in [2.24, 2.45) is 0 Å². The summed E-state index contributed by atoms with van der Waals surface area (Å²) < 4.78 is 38.2. The monoisotopic (exact) mass is 358 g/mol. The third-order valence-corrected chi connectivity index (χ3v) is 3.99. The number of benzene rings is 1. The fourth-order valence-corrected chi connectivity index (χ4v) is 2.94. The Bertz CT molecular complexity index is 480. The van der Waals surface area contributed by atoms with Gasteiger partial charge in [-0.1, -0.05) is 17.7 Å². The number of piperazine rings is 1. The number of rotatable bonds is 4. The number of nitrogens with zero attached hydrogens (tertiary/aromatic N) is 1. The molecule has 0 aliphatic carbocycles. The normalized spacial score (nSPS) is 17.9. The van der Waals surface area contributed by atoms with Crippen molar-refractivity contribution in [3.63, 3.8) is 0 Å². The Morgan fingerprint density at radius 1 is 1.27 bits per heavy atom. The summed E-state index contributed by atoms with van der Waals surface area (Å²) in [7, 11) is 0. The van der Waals surface area contributed by atoms with Crippen LogP contribution < -0.4 is 5.32 Å². The third kappa shape index (κ3) is 4.73. The van der Waals surface area contributed by atoms with Gasteiger partial charge in [0.1, 0.15) is 0 Å². The van der Waals surface area contributed by atoms with E-state index in [-0.39, 0.29) is 30.1 Å². The second-order valence-corrected chi connectivity index (χ2v) is 5.46. The number of aliphatic hydroxyl groups excluding tert-OH is 1. The first-order valence-corrected chi connectivity index (χ1v) is 7.23. The van der Waals surface area contributed by atoms with Crippen LogP contribution in [0.1, 0.15) is 23.6 Å². The van der Waals surface area contributed by atoms with Crippen LogP contribution in [0, 0.1) is 0 Å². The molecule has 1 heterocycles. The van der Waals surface area contributed by atoms with Gasteiger partial charge in [-0.05, 0) is 24.1 Å². The van der Waals surface area contributed by atoms with Gasteiger partial charge in [-0.3, -0.25) is 4.90 Å². The molecule has 2 N–H and O–H groups in total. The Balaban J connectivity index is 0.00000242. The molecule has 1 saturated heterocycles. The summed E-state index contributed by atoms with van der Waals surface area (Å²) in [6.45, 7) is 3.23. The Morgan fingerprint density at radius 3 is 2.41 bits per heavy atom. The molecule has 0 saturated carbocycles. The Labute approximate surface area is 138 Å². The zero-order valence-corrected chi connectivity index (χ0v) is 13.4. The first-order chi connectivity index (χ1) is 9.93. The van der Waals surface area contributed by atoms with Crippen LogP contribution >= 0.6 is 24.0 Å². The summed E-state index contributed by atoms with van der Waals surface area (Å²) in [6.07, 6.45) is -3.97. The lowest BCUT2D eigenvalue weighted by atomic mass is 10.00. The summed E-state index contributed by atoms with van der Waals surface area (Å²) in [5.41, 5.74) is -0.111. The topological polar surface area (TPSA) is 35.5 Å². The molecule has 0 bridgehead atoms. The molecule has 0 unspecified atom stereocenters. The number of nitrogens with one attached hydrogen (secondary N) is 1. The molecular formula is C14H19Cl2F3N2O. The molecule has 1 aromatic rings. The highest BCUT2D eigenvalue weighted by atomic mass is 35.5. The molecule has 1 atom stereocenters. The maximum atomic E-state index is 12.7. The predicted octanol–water partition coefficient (Wildman–Crippen LogP) is 3.11. The van der Waals surface area contributed by atoms with Crippen molar-refractivity contribution >= 4 is 24.0 Å². The predicted molar refractivity (Wildman–Crippen MR) is 82.6 cm³/mol. The molecule has 1 aliphatic heterocycles. The summed E-state index contributed by atoms with van der Waals surface area (Å²) in [4.78, 5) is 2.16. The number of hydrogen-bond donors (Lipinski definition) is 2. The highest BCUT2D eigenvalue weighted by Gasteiger charge is 2.33. The van der Waals surface area contributed by atoms with Crippen molar-refractivity contribution in [3.05, 3.63) is 34.3 Å². The molecule has 22 heavy (non-hydrogen) atoms. The zero-order valence-electron chi connectivity index (χ0n) is 11.9. The molecule has 8 heteroatoms. The van der Waals surface area contributed by atoms with Gasteiger partial charge in [0.15, 0.2) is 0 Å². The fourth-order valence-electron chi connectivity index (χ4n) is 2.64. The van der Waals surface area contributed by atoms with Crippen LogP contribution in [0.25, 0.3) is 0 Å². The second kappa shape index (κ2) is 8.36. The molecule has 3 nitrogen and oxygen atoms in total. The molecule has 1 fully saturated rings. The number of hydrogen-bond acceptors (Lipinski definition) is 3. The first kappa shape index (κ1) is 19.5. The van der Waals surface area contributed by atoms with Crippen LogP contribution in [-0.4, -0.2) is 42.8 Å². The quantitative estimate of drug-likeness (QED) is 0.867. The van der Waals surface area contributed by atoms with E-state index in [1.165, 1.54) is 12.1 Å². The molecule has 0 amide bonds. The lowest BCUT2D eigenvalue weighted by Gasteiger charge is -2.35. The van der Waals surface area contributed by atoms with Crippen molar-refractivity contribution in [1.29, 1.82) is 0 Å². The Kier molecular flexibility index (Phi) is 7.41. The molecule has 1 aromatic carbocycles. The molecule has 0 spiro atoms. The standard InChI is InChI=1S/C14H18ClF3N2O.ClH/c15-12-9-10(1-2-11(12)14(16,17)18)13(3-8-21)20-6-4-19-5-7-20;/h1-2,9,13,19,21H,3-8H2;1H/t13-;/m0./s1. The van der Waals surface area contributed by atoms with E-state index in [2.05, 4.69) is 10.2 Å². The van der Waals surface area contributed by atoms with Gasteiger partial charge in [0.05, 0.1) is 10.6 Å². The highest BCUT2D eigenvalue weighted by Crippen LogP contribution is 2.37. The van der Waals surface area contributed by atoms with Crippen molar-refractivity contribution < 1.29 is 18.3 Å². The van der Waals surface area contributed by atoms with Crippen molar-refractivity contribution in [3.8, 4) is 0 Å². The lowest BCUT2D eigenvalue weighted by molar-refractivity contribution is -0.137. The first-order valence-electron chi connectivity index (χ1n) is 6.85. The van der Waals surface area contributed by atoms with E-state index in [9.17, 15) is 18.3 Å². The van der Waals surface area contributed by atoms with Gasteiger partial charge in [-0.15, -0.1) is 12.4 Å². The maximum absolute atomic E-state index is 12.7. The summed E-state index contributed by atoms with van der Waals surface area (Å²) in [6, 6.07) is 3.73. The minimum absolute atomic E-state index is 0. The fraction of sp³-hybridized carbons (Fsp3) is 0.571. The largest absolute Gasteiger partial charge is 0.417 e. The van der Waals surface area contributed by atoms with Crippen molar-refractivity contribution in [2.45, 2.75) is 18.6 Å². The van der Waals surface area contributed by atoms with Gasteiger partial charge < -0.3 is 10.4 Å². The lowest BCUT2D eigenvalue weighted by Crippen LogP contribution is -2.45. The van der Waals surface area contributed by atoms with E-state index in [0.29, 0.717) is 12.0 Å². The molecule has 0 radical (unpaired) electrons. The number of aliphatic hydroxyl groups is 1. The van der Waals surface area contributed by atoms with Gasteiger partial charge in [-0.25, -0.2) is 0 Å². The summed E-state index contributed by atoms with van der Waals surface area (Å²) in [5, 5.41) is 12.2. The highest BCUT2D eigenvalue weighted by molar-refractivity contribution is 6.31. The Morgan fingerprint density at radius 2 is 1.91 bits per heavy atom. The molecule has 1 aliphatic rings. The SMILES string of the molecule is Cl.OCC[C@@H](c1ccc(C(F)(F)F)c(Cl)c1)N1CCNCC1. The van der Waals surface area contributed by atoms with Crippen molar-refractivity contribution in [1.82, 2.24) is 10.2 Å². The summed E-state index contributed by atoms with van der Waals surface area (Å²) >= 11 is 5.78. The maximum Gasteiger partial charge on any atom is 0.417 e. The number of alkyl halides is 3. The second-order valence-electron chi connectivity index (χ2n) is 5.05. The van der Waals surface area contributed by atoms with Gasteiger partial charge >= 0.3 is 6.18 Å². The molecule has 0 aromatic heterocycles. The number of halogens is 5. The zero-order chi connectivity index (χ0) is 15.5. The minimum atomic E-state index is -4.45. The minimum Gasteiger partial charge on any atom is -0.396 e. The van der Waals surface area contributed by atoms with Crippen LogP contribution in [0.5, 0.6) is 0 Å². The van der Waals surface area contributed by atoms with Gasteiger partial charge in [0, 0.05) is 38.8 Å².